The molecule has 0 bridgehead atoms. The average Bonchev–Trinajstić information content (AvgIpc) is 3.07. The summed E-state index contributed by atoms with van der Waals surface area (Å²) in [4.78, 5) is 13.0. The fourth-order valence-electron chi connectivity index (χ4n) is 2.37. The van der Waals surface area contributed by atoms with E-state index in [2.05, 4.69) is 20.4 Å². The van der Waals surface area contributed by atoms with Crippen molar-refractivity contribution in [2.75, 3.05) is 18.0 Å². The van der Waals surface area contributed by atoms with Gasteiger partial charge in [-0.25, -0.2) is 4.39 Å². The Bertz CT molecular complexity index is 618. The lowest BCUT2D eigenvalue weighted by Crippen LogP contribution is -2.33. The Labute approximate surface area is 118 Å². The quantitative estimate of drug-likeness (QED) is 0.875. The summed E-state index contributed by atoms with van der Waals surface area (Å²) in [7, 11) is 0. The molecule has 2 aromatic rings. The maximum atomic E-state index is 13.5. The number of anilines is 1. The van der Waals surface area contributed by atoms with Crippen LogP contribution in [-0.4, -0.2) is 39.4 Å². The monoisotopic (exact) mass is 296 g/mol. The highest BCUT2D eigenvalue weighted by molar-refractivity contribution is 7.17. The van der Waals surface area contributed by atoms with Crippen molar-refractivity contribution in [3.05, 3.63) is 22.7 Å². The van der Waals surface area contributed by atoms with Crippen molar-refractivity contribution in [3.63, 3.8) is 0 Å². The first kappa shape index (κ1) is 13.0. The van der Waals surface area contributed by atoms with Gasteiger partial charge >= 0.3 is 0 Å². The number of piperidine rings is 1. The molecule has 3 rings (SSSR count). The number of primary amides is 1. The van der Waals surface area contributed by atoms with Crippen molar-refractivity contribution in [2.24, 2.45) is 5.73 Å². The Hall–Kier alpha value is -2.03. The molecule has 3 heterocycles. The second kappa shape index (κ2) is 5.16. The van der Waals surface area contributed by atoms with Gasteiger partial charge in [0.05, 0.1) is 11.9 Å². The summed E-state index contributed by atoms with van der Waals surface area (Å²) < 4.78 is 13.5. The molecule has 1 amide bonds. The minimum absolute atomic E-state index is 0.136. The molecule has 9 heteroatoms. The first-order valence-corrected chi connectivity index (χ1v) is 7.04. The lowest BCUT2D eigenvalue weighted by molar-refractivity contribution is 0.0999. The van der Waals surface area contributed by atoms with Crippen LogP contribution in [0.4, 0.5) is 9.52 Å². The molecule has 0 spiro atoms. The summed E-state index contributed by atoms with van der Waals surface area (Å²) in [6, 6.07) is 0. The van der Waals surface area contributed by atoms with Gasteiger partial charge in [-0.15, -0.1) is 10.2 Å². The number of carbonyl (C=O) groups excluding carboxylic acids is 1. The second-order valence-electron chi connectivity index (χ2n) is 4.65. The van der Waals surface area contributed by atoms with Gasteiger partial charge in [0.1, 0.15) is 0 Å². The number of aromatic amines is 1. The summed E-state index contributed by atoms with van der Waals surface area (Å²) in [5.41, 5.74) is 5.73. The van der Waals surface area contributed by atoms with Crippen molar-refractivity contribution in [1.29, 1.82) is 0 Å². The number of H-pyrrole nitrogens is 1. The molecule has 3 N–H and O–H groups in total. The zero-order valence-electron chi connectivity index (χ0n) is 10.5. The number of nitrogens with one attached hydrogen (secondary N) is 1. The van der Waals surface area contributed by atoms with Gasteiger partial charge in [-0.3, -0.25) is 9.89 Å². The predicted octanol–water partition coefficient (Wildman–Crippen LogP) is 0.883. The SMILES string of the molecule is NC(=O)c1nnc(N2CCC(c3[nH]ncc3F)CC2)s1. The molecular weight excluding hydrogens is 283 g/mol. The fraction of sp³-hybridized carbons (Fsp3) is 0.455. The highest BCUT2D eigenvalue weighted by atomic mass is 32.1. The molecule has 106 valence electrons. The van der Waals surface area contributed by atoms with Gasteiger partial charge in [0, 0.05) is 19.0 Å². The van der Waals surface area contributed by atoms with E-state index in [0.717, 1.165) is 25.9 Å². The number of nitrogens with two attached hydrogens (primary N) is 1. The van der Waals surface area contributed by atoms with E-state index in [0.29, 0.717) is 10.8 Å². The Balaban J connectivity index is 1.66. The van der Waals surface area contributed by atoms with Gasteiger partial charge in [-0.1, -0.05) is 11.3 Å². The van der Waals surface area contributed by atoms with E-state index in [1.165, 1.54) is 17.5 Å². The van der Waals surface area contributed by atoms with E-state index >= 15 is 0 Å². The van der Waals surface area contributed by atoms with Gasteiger partial charge in [0.25, 0.3) is 5.91 Å². The van der Waals surface area contributed by atoms with Gasteiger partial charge in [0.2, 0.25) is 10.1 Å². The Morgan fingerprint density at radius 3 is 2.75 bits per heavy atom. The highest BCUT2D eigenvalue weighted by Gasteiger charge is 2.26. The number of halogens is 1. The third-order valence-corrected chi connectivity index (χ3v) is 4.42. The summed E-state index contributed by atoms with van der Waals surface area (Å²) in [5.74, 6) is -0.712. The third kappa shape index (κ3) is 2.36. The van der Waals surface area contributed by atoms with E-state index in [4.69, 9.17) is 5.73 Å². The highest BCUT2D eigenvalue weighted by Crippen LogP contribution is 2.31. The number of nitrogens with zero attached hydrogens (tertiary/aromatic N) is 4. The number of aromatic nitrogens is 4. The molecule has 0 aliphatic carbocycles. The Kier molecular flexibility index (Phi) is 3.35. The van der Waals surface area contributed by atoms with Crippen LogP contribution in [-0.2, 0) is 0 Å². The maximum Gasteiger partial charge on any atom is 0.279 e. The summed E-state index contributed by atoms with van der Waals surface area (Å²) in [6.07, 6.45) is 2.79. The van der Waals surface area contributed by atoms with Crippen molar-refractivity contribution >= 4 is 22.4 Å². The molecule has 0 saturated carbocycles. The minimum Gasteiger partial charge on any atom is -0.363 e. The van der Waals surface area contributed by atoms with Crippen molar-refractivity contribution < 1.29 is 9.18 Å². The normalized spacial score (nSPS) is 16.6. The van der Waals surface area contributed by atoms with E-state index < -0.39 is 5.91 Å². The van der Waals surface area contributed by atoms with Crippen LogP contribution in [0.2, 0.25) is 0 Å². The largest absolute Gasteiger partial charge is 0.363 e. The van der Waals surface area contributed by atoms with E-state index in [1.807, 2.05) is 4.90 Å². The zero-order chi connectivity index (χ0) is 14.1. The molecule has 0 radical (unpaired) electrons. The molecule has 1 fully saturated rings. The Morgan fingerprint density at radius 1 is 1.45 bits per heavy atom. The van der Waals surface area contributed by atoms with Crippen LogP contribution in [0.15, 0.2) is 6.20 Å². The number of carbonyl (C=O) groups is 1. The zero-order valence-corrected chi connectivity index (χ0v) is 11.4. The average molecular weight is 296 g/mol. The lowest BCUT2D eigenvalue weighted by atomic mass is 9.94. The van der Waals surface area contributed by atoms with E-state index in [9.17, 15) is 9.18 Å². The molecule has 1 aliphatic heterocycles. The smallest absolute Gasteiger partial charge is 0.279 e. The maximum absolute atomic E-state index is 13.5. The van der Waals surface area contributed by atoms with Crippen LogP contribution < -0.4 is 10.6 Å². The third-order valence-electron chi connectivity index (χ3n) is 3.42. The molecule has 1 aliphatic rings. The van der Waals surface area contributed by atoms with Crippen molar-refractivity contribution in [2.45, 2.75) is 18.8 Å². The predicted molar refractivity (Wildman–Crippen MR) is 71.2 cm³/mol. The van der Waals surface area contributed by atoms with Crippen LogP contribution in [0.1, 0.15) is 34.3 Å². The number of hydrogen-bond donors (Lipinski definition) is 2. The standard InChI is InChI=1S/C11H13FN6OS/c12-7-5-14-15-8(7)6-1-3-18(4-2-6)11-17-16-10(20-11)9(13)19/h5-6H,1-4H2,(H2,13,19)(H,14,15). The van der Waals surface area contributed by atoms with E-state index in [1.54, 1.807) is 0 Å². The molecule has 0 atom stereocenters. The molecular formula is C11H13FN6OS. The molecule has 1 saturated heterocycles. The van der Waals surface area contributed by atoms with Crippen molar-refractivity contribution in [3.8, 4) is 0 Å². The minimum atomic E-state index is -0.567. The van der Waals surface area contributed by atoms with Crippen LogP contribution in [0, 0.1) is 5.82 Å². The lowest BCUT2D eigenvalue weighted by Gasteiger charge is -2.30. The molecule has 0 aromatic carbocycles. The summed E-state index contributed by atoms with van der Waals surface area (Å²) in [6.45, 7) is 1.47. The van der Waals surface area contributed by atoms with Gasteiger partial charge < -0.3 is 10.6 Å². The van der Waals surface area contributed by atoms with Gasteiger partial charge in [-0.2, -0.15) is 5.10 Å². The van der Waals surface area contributed by atoms with Crippen LogP contribution >= 0.6 is 11.3 Å². The first-order valence-electron chi connectivity index (χ1n) is 6.22. The fourth-order valence-corrected chi connectivity index (χ4v) is 3.12. The summed E-state index contributed by atoms with van der Waals surface area (Å²) in [5, 5.41) is 15.0. The van der Waals surface area contributed by atoms with Crippen LogP contribution in [0.5, 0.6) is 0 Å². The topological polar surface area (TPSA) is 101 Å². The van der Waals surface area contributed by atoms with Gasteiger partial charge in [0.15, 0.2) is 5.82 Å². The summed E-state index contributed by atoms with van der Waals surface area (Å²) >= 11 is 1.18. The number of rotatable bonds is 3. The number of hydrogen-bond acceptors (Lipinski definition) is 6. The molecule has 7 nitrogen and oxygen atoms in total. The number of amides is 1. The molecule has 0 unspecified atom stereocenters. The van der Waals surface area contributed by atoms with Gasteiger partial charge in [-0.05, 0) is 12.8 Å². The molecule has 2 aromatic heterocycles. The first-order chi connectivity index (χ1) is 9.65. The molecule has 20 heavy (non-hydrogen) atoms. The van der Waals surface area contributed by atoms with Crippen molar-refractivity contribution in [1.82, 2.24) is 20.4 Å². The second-order valence-corrected chi connectivity index (χ2v) is 5.60. The van der Waals surface area contributed by atoms with Crippen LogP contribution in [0.3, 0.4) is 0 Å². The Morgan fingerprint density at radius 2 is 2.20 bits per heavy atom. The van der Waals surface area contributed by atoms with Crippen LogP contribution in [0.25, 0.3) is 0 Å². The van der Waals surface area contributed by atoms with E-state index in [-0.39, 0.29) is 16.7 Å².